The first-order valence-electron chi connectivity index (χ1n) is 29.3. The highest BCUT2D eigenvalue weighted by Crippen LogP contribution is 2.45. The number of nitrogens with zero attached hydrogens (tertiary/aromatic N) is 3. The van der Waals surface area contributed by atoms with Crippen LogP contribution >= 0.6 is 0 Å². The van der Waals surface area contributed by atoms with Crippen molar-refractivity contribution in [2.24, 2.45) is 15.2 Å². The van der Waals surface area contributed by atoms with Crippen molar-refractivity contribution in [1.29, 1.82) is 0 Å². The number of phenolic OH excluding ortho intramolecular Hbond substituents is 2. The fraction of sp³-hybridized carbons (Fsp3) is 0.0274. The van der Waals surface area contributed by atoms with Gasteiger partial charge in [-0.15, -0.1) is 5.11 Å². The van der Waals surface area contributed by atoms with Crippen LogP contribution in [0.2, 0.25) is 0 Å². The number of para-hydroxylation sites is 3. The second kappa shape index (κ2) is 21.4. The maximum Gasteiger partial charge on any atom is 0.261 e. The van der Waals surface area contributed by atoms with Crippen LogP contribution in [0.4, 0.5) is 45.5 Å². The number of benzene rings is 11. The summed E-state index contributed by atoms with van der Waals surface area (Å²) < 4.78 is 0. The molecule has 2 aromatic heterocycles. The number of aromatic hydroxyl groups is 2. The number of fused-ring (bicyclic) bond motifs is 14. The number of amides is 5. The van der Waals surface area contributed by atoms with Gasteiger partial charge in [-0.1, -0.05) is 109 Å². The summed E-state index contributed by atoms with van der Waals surface area (Å²) in [5.74, 6) is -2.03. The number of carbonyl (C=O) groups excluding carboxylic acids is 6. The molecule has 4 aliphatic heterocycles. The van der Waals surface area contributed by atoms with Gasteiger partial charge in [-0.05, 0) is 113 Å². The Kier molecular flexibility index (Phi) is 12.6. The van der Waals surface area contributed by atoms with Crippen molar-refractivity contribution < 1.29 is 39.0 Å². The minimum atomic E-state index is -0.570. The summed E-state index contributed by atoms with van der Waals surface area (Å²) in [7, 11) is 0. The van der Waals surface area contributed by atoms with E-state index in [1.54, 1.807) is 97.1 Å². The topological polar surface area (TPSA) is 284 Å². The van der Waals surface area contributed by atoms with Crippen LogP contribution in [0.15, 0.2) is 221 Å². The third-order valence-corrected chi connectivity index (χ3v) is 17.0. The Hall–Kier alpha value is -13.0. The number of carbonyl (C=O) groups is 6. The molecule has 0 radical (unpaired) electrons. The Morgan fingerprint density at radius 2 is 1.02 bits per heavy atom. The number of Topliss-reactive ketones (excluding diaryl/α,β-unsaturated/α-hetero) is 1. The number of anilines is 5. The lowest BCUT2D eigenvalue weighted by atomic mass is 9.93. The standard InChI is InChI=1S/C48H30N8O5.C25H17N3O3/c57-38-22-24-13-15-28(23-37(24)51-38)50-47(60)34-21-25-14-20-31-29-7-3-5-11-35(29)52-41(31)39(25)43(45(34)59)56-55-27-18-16-26(17-19-27)49-46-32-9-2-1-8-30(32)42(54-46)40-44(58)33-10-4-6-12-36(33)53-48(40)61;29-22-12-18-13(6-8-17-16-3-1-2-4-20(16)28-24(17)18)9-19(22)25(31)26-15-7-5-14-10-23(30)27-21(14)11-15/h1-21,23,52,59H,22H2,(H,49,54)(H,50,60)(H,51,57)(H,53,61);1-9,11-12,28-29H,10H2,(H,26,31)(H,27,30)/b42-40+,56-55?;. The number of aliphatic imine (C=N–C) groups is 1. The normalized spacial score (nSPS) is 15.1. The minimum Gasteiger partial charge on any atom is -0.507 e. The molecule has 92 heavy (non-hydrogen) atoms. The zero-order valence-electron chi connectivity index (χ0n) is 48.2. The summed E-state index contributed by atoms with van der Waals surface area (Å²) in [6, 6.07) is 60.4. The number of rotatable bonds is 7. The van der Waals surface area contributed by atoms with Crippen LogP contribution in [0.1, 0.15) is 53.3 Å². The highest BCUT2D eigenvalue weighted by atomic mass is 16.3. The predicted molar refractivity (Wildman–Crippen MR) is 356 cm³/mol. The molecule has 19 nitrogen and oxygen atoms in total. The first kappa shape index (κ1) is 54.4. The molecule has 0 unspecified atom stereocenters. The Labute approximate surface area is 520 Å². The smallest absolute Gasteiger partial charge is 0.261 e. The largest absolute Gasteiger partial charge is 0.507 e. The van der Waals surface area contributed by atoms with Gasteiger partial charge in [-0.25, -0.2) is 4.99 Å². The molecule has 0 aliphatic carbocycles. The van der Waals surface area contributed by atoms with Crippen LogP contribution in [0, 0.1) is 0 Å². The summed E-state index contributed by atoms with van der Waals surface area (Å²) in [5, 5.41) is 55.9. The maximum absolute atomic E-state index is 13.8. The van der Waals surface area contributed by atoms with Crippen molar-refractivity contribution in [2.45, 2.75) is 12.8 Å². The van der Waals surface area contributed by atoms with Crippen molar-refractivity contribution in [3.8, 4) is 11.5 Å². The van der Waals surface area contributed by atoms with E-state index in [4.69, 9.17) is 4.99 Å². The van der Waals surface area contributed by atoms with E-state index in [-0.39, 0.29) is 57.9 Å². The van der Waals surface area contributed by atoms with Crippen molar-refractivity contribution in [2.75, 3.05) is 26.6 Å². The van der Waals surface area contributed by atoms with Gasteiger partial charge < -0.3 is 52.1 Å². The Bertz CT molecular complexity index is 5590. The molecule has 13 aromatic rings. The molecule has 442 valence electrons. The lowest BCUT2D eigenvalue weighted by Crippen LogP contribution is -2.30. The summed E-state index contributed by atoms with van der Waals surface area (Å²) in [5.41, 5.74) is 11.6. The molecule has 0 saturated heterocycles. The Morgan fingerprint density at radius 3 is 1.71 bits per heavy atom. The number of amidine groups is 1. The summed E-state index contributed by atoms with van der Waals surface area (Å²) in [6.07, 6.45) is 0.616. The van der Waals surface area contributed by atoms with Crippen molar-refractivity contribution in [1.82, 2.24) is 15.3 Å². The summed E-state index contributed by atoms with van der Waals surface area (Å²) in [6.45, 7) is 0. The lowest BCUT2D eigenvalue weighted by molar-refractivity contribution is -0.115. The molecule has 4 aliphatic rings. The van der Waals surface area contributed by atoms with E-state index in [9.17, 15) is 39.0 Å². The molecule has 6 heterocycles. The number of hydrogen-bond acceptors (Lipinski definition) is 11. The zero-order chi connectivity index (χ0) is 62.5. The highest BCUT2D eigenvalue weighted by Gasteiger charge is 2.36. The van der Waals surface area contributed by atoms with Crippen LogP contribution in [-0.4, -0.2) is 61.3 Å². The molecule has 0 saturated carbocycles. The van der Waals surface area contributed by atoms with Crippen LogP contribution in [-0.2, 0) is 27.2 Å². The SMILES string of the molecule is O=C1Cc2ccc(NC(=O)c3cc4ccc5c6ccccc6[nH]c5c4c(N=Nc4ccc(N=C5N/C(=C6/C(=O)Nc7ccccc7C6=O)c6ccccc65)cc4)c3O)cc2N1.O=C1Cc2ccc(NC(=O)c3cc4ccc5c6ccccc6[nH]c5c4cc3O)cc2N1. The second-order valence-corrected chi connectivity index (χ2v) is 22.7. The number of aromatic nitrogens is 2. The number of aromatic amines is 2. The fourth-order valence-corrected chi connectivity index (χ4v) is 12.6. The maximum atomic E-state index is 13.8. The van der Waals surface area contributed by atoms with Crippen molar-refractivity contribution in [3.63, 3.8) is 0 Å². The minimum absolute atomic E-state index is 0.00683. The molecule has 0 atom stereocenters. The monoisotopic (exact) mass is 1210 g/mol. The molecule has 0 spiro atoms. The Morgan fingerprint density at radius 1 is 0.457 bits per heavy atom. The van der Waals surface area contributed by atoms with Crippen LogP contribution in [0.25, 0.3) is 70.9 Å². The molecule has 11 aromatic carbocycles. The van der Waals surface area contributed by atoms with Gasteiger partial charge in [-0.2, -0.15) is 5.11 Å². The highest BCUT2D eigenvalue weighted by molar-refractivity contribution is 6.38. The van der Waals surface area contributed by atoms with E-state index in [1.165, 1.54) is 0 Å². The summed E-state index contributed by atoms with van der Waals surface area (Å²) in [4.78, 5) is 88.8. The quantitative estimate of drug-likeness (QED) is 0.0412. The van der Waals surface area contributed by atoms with Crippen LogP contribution in [0.3, 0.4) is 0 Å². The number of ketones is 1. The van der Waals surface area contributed by atoms with Crippen LogP contribution < -0.4 is 31.9 Å². The first-order chi connectivity index (χ1) is 44.8. The average molecular weight is 1210 g/mol. The third-order valence-electron chi connectivity index (χ3n) is 17.0. The van der Waals surface area contributed by atoms with Gasteiger partial charge in [0.2, 0.25) is 17.6 Å². The number of hydrogen-bond donors (Lipinski definition) is 10. The van der Waals surface area contributed by atoms with Gasteiger partial charge in [0, 0.05) is 82.8 Å². The molecule has 10 N–H and O–H groups in total. The number of nitrogens with one attached hydrogen (secondary N) is 8. The first-order valence-corrected chi connectivity index (χ1v) is 29.3. The average Bonchev–Trinajstić information content (AvgIpc) is 1.49. The van der Waals surface area contributed by atoms with Gasteiger partial charge in [0.05, 0.1) is 57.8 Å². The Balaban J connectivity index is 0.000000181. The van der Waals surface area contributed by atoms with Gasteiger partial charge in [0.1, 0.15) is 22.8 Å². The third kappa shape index (κ3) is 9.35. The van der Waals surface area contributed by atoms with E-state index in [0.29, 0.717) is 79.7 Å². The van der Waals surface area contributed by atoms with Crippen molar-refractivity contribution >= 4 is 158 Å². The van der Waals surface area contributed by atoms with Crippen molar-refractivity contribution in [3.05, 3.63) is 245 Å². The van der Waals surface area contributed by atoms with E-state index >= 15 is 0 Å². The van der Waals surface area contributed by atoms with E-state index in [0.717, 1.165) is 71.1 Å². The lowest BCUT2D eigenvalue weighted by Gasteiger charge is -2.19. The van der Waals surface area contributed by atoms with E-state index in [1.807, 2.05) is 97.1 Å². The fourth-order valence-electron chi connectivity index (χ4n) is 12.6. The second-order valence-electron chi connectivity index (χ2n) is 22.7. The molecule has 17 rings (SSSR count). The van der Waals surface area contributed by atoms with E-state index < -0.39 is 17.7 Å². The molecule has 5 amide bonds. The molecule has 0 fully saturated rings. The van der Waals surface area contributed by atoms with Gasteiger partial charge in [0.25, 0.3) is 17.7 Å². The van der Waals surface area contributed by atoms with E-state index in [2.05, 4.69) is 58.2 Å². The number of phenols is 2. The van der Waals surface area contributed by atoms with Gasteiger partial charge >= 0.3 is 0 Å². The van der Waals surface area contributed by atoms with Gasteiger partial charge in [0.15, 0.2) is 5.75 Å². The zero-order valence-corrected chi connectivity index (χ0v) is 48.2. The number of azo groups is 1. The molecule has 0 bridgehead atoms. The molecular weight excluding hydrogens is 1160 g/mol. The number of H-pyrrole nitrogens is 2. The predicted octanol–water partition coefficient (Wildman–Crippen LogP) is 14.5. The summed E-state index contributed by atoms with van der Waals surface area (Å²) >= 11 is 0. The molecular formula is C73H47N11O8. The van der Waals surface area contributed by atoms with Gasteiger partial charge in [-0.3, -0.25) is 28.8 Å². The van der Waals surface area contributed by atoms with Crippen LogP contribution in [0.5, 0.6) is 11.5 Å². The molecule has 19 heteroatoms.